The lowest BCUT2D eigenvalue weighted by Crippen LogP contribution is -2.05. The fraction of sp³-hybridized carbons (Fsp3) is 0.444. The smallest absolute Gasteiger partial charge is 0.195 e. The Hall–Kier alpha value is -1.01. The van der Waals surface area contributed by atoms with Gasteiger partial charge in [0.2, 0.25) is 0 Å². The van der Waals surface area contributed by atoms with Gasteiger partial charge in [-0.2, -0.15) is 5.10 Å². The van der Waals surface area contributed by atoms with Crippen molar-refractivity contribution in [1.29, 1.82) is 0 Å². The molecule has 0 spiro atoms. The van der Waals surface area contributed by atoms with Gasteiger partial charge in [-0.1, -0.05) is 6.92 Å². The average molecular weight is 240 g/mol. The molecule has 0 fully saturated rings. The monoisotopic (exact) mass is 240 g/mol. The van der Waals surface area contributed by atoms with E-state index in [2.05, 4.69) is 22.1 Å². The summed E-state index contributed by atoms with van der Waals surface area (Å²) in [5.74, 6) is 1.01. The number of hydrogen-bond acceptors (Lipinski definition) is 4. The lowest BCUT2D eigenvalue weighted by atomic mass is 10.3. The number of thiazole rings is 1. The average Bonchev–Trinajstić information content (AvgIpc) is 2.83. The van der Waals surface area contributed by atoms with E-state index in [1.165, 1.54) is 0 Å². The van der Waals surface area contributed by atoms with Crippen molar-refractivity contribution in [3.8, 4) is 0 Å². The van der Waals surface area contributed by atoms with Crippen LogP contribution in [-0.2, 0) is 13.0 Å². The molecule has 0 unspecified atom stereocenters. The minimum Gasteiger partial charge on any atom is -0.298 e. The van der Waals surface area contributed by atoms with Gasteiger partial charge in [0, 0.05) is 11.8 Å². The SMILES string of the molecule is CCCc1n[nH]c(=S)n1Cc1cscn1. The van der Waals surface area contributed by atoms with E-state index in [1.54, 1.807) is 11.3 Å². The van der Waals surface area contributed by atoms with Crippen LogP contribution in [0.3, 0.4) is 0 Å². The fourth-order valence-corrected chi connectivity index (χ4v) is 2.17. The summed E-state index contributed by atoms with van der Waals surface area (Å²) in [4.78, 5) is 4.24. The summed E-state index contributed by atoms with van der Waals surface area (Å²) < 4.78 is 2.68. The molecule has 2 aromatic rings. The highest BCUT2D eigenvalue weighted by Gasteiger charge is 2.06. The fourth-order valence-electron chi connectivity index (χ4n) is 1.41. The predicted molar refractivity (Wildman–Crippen MR) is 62.6 cm³/mol. The summed E-state index contributed by atoms with van der Waals surface area (Å²) in [5, 5.41) is 9.07. The molecule has 0 saturated heterocycles. The molecular formula is C9H12N4S2. The lowest BCUT2D eigenvalue weighted by molar-refractivity contribution is 0.690. The third-order valence-corrected chi connectivity index (χ3v) is 3.06. The maximum Gasteiger partial charge on any atom is 0.195 e. The van der Waals surface area contributed by atoms with E-state index in [9.17, 15) is 0 Å². The zero-order valence-corrected chi connectivity index (χ0v) is 10.1. The number of nitrogens with one attached hydrogen (secondary N) is 1. The Morgan fingerprint density at radius 3 is 3.13 bits per heavy atom. The normalized spacial score (nSPS) is 10.7. The van der Waals surface area contributed by atoms with Crippen LogP contribution >= 0.6 is 23.6 Å². The second-order valence-corrected chi connectivity index (χ2v) is 4.37. The number of nitrogens with zero attached hydrogens (tertiary/aromatic N) is 3. The Bertz CT molecular complexity index is 469. The molecule has 0 aliphatic heterocycles. The van der Waals surface area contributed by atoms with Crippen molar-refractivity contribution in [1.82, 2.24) is 19.7 Å². The standard InChI is InChI=1S/C9H12N4S2/c1-2-3-8-11-12-9(14)13(8)4-7-5-15-6-10-7/h5-6H,2-4H2,1H3,(H,12,14). The second kappa shape index (κ2) is 4.67. The molecule has 15 heavy (non-hydrogen) atoms. The van der Waals surface area contributed by atoms with Crippen molar-refractivity contribution < 1.29 is 0 Å². The first kappa shape index (κ1) is 10.5. The summed E-state index contributed by atoms with van der Waals surface area (Å²) in [7, 11) is 0. The summed E-state index contributed by atoms with van der Waals surface area (Å²) in [5.41, 5.74) is 2.87. The Balaban J connectivity index is 2.26. The van der Waals surface area contributed by atoms with Crippen LogP contribution in [0, 0.1) is 4.77 Å². The molecular weight excluding hydrogens is 228 g/mol. The third kappa shape index (κ3) is 2.32. The van der Waals surface area contributed by atoms with Gasteiger partial charge < -0.3 is 0 Å². The highest BCUT2D eigenvalue weighted by molar-refractivity contribution is 7.71. The lowest BCUT2D eigenvalue weighted by Gasteiger charge is -2.02. The summed E-state index contributed by atoms with van der Waals surface area (Å²) in [6.45, 7) is 2.85. The van der Waals surface area contributed by atoms with Crippen molar-refractivity contribution in [2.45, 2.75) is 26.3 Å². The Morgan fingerprint density at radius 1 is 1.60 bits per heavy atom. The predicted octanol–water partition coefficient (Wildman–Crippen LogP) is 2.40. The third-order valence-electron chi connectivity index (χ3n) is 2.11. The van der Waals surface area contributed by atoms with Gasteiger partial charge >= 0.3 is 0 Å². The summed E-state index contributed by atoms with van der Waals surface area (Å²) in [6.07, 6.45) is 2.01. The first-order valence-electron chi connectivity index (χ1n) is 4.82. The van der Waals surface area contributed by atoms with Crippen molar-refractivity contribution in [3.63, 3.8) is 0 Å². The van der Waals surface area contributed by atoms with E-state index >= 15 is 0 Å². The van der Waals surface area contributed by atoms with Crippen LogP contribution in [0.15, 0.2) is 10.9 Å². The summed E-state index contributed by atoms with van der Waals surface area (Å²) >= 11 is 6.78. The molecule has 2 rings (SSSR count). The highest BCUT2D eigenvalue weighted by Crippen LogP contribution is 2.07. The van der Waals surface area contributed by atoms with Crippen LogP contribution < -0.4 is 0 Å². The van der Waals surface area contributed by atoms with E-state index in [0.29, 0.717) is 11.3 Å². The first-order valence-corrected chi connectivity index (χ1v) is 6.17. The molecule has 0 amide bonds. The van der Waals surface area contributed by atoms with Crippen molar-refractivity contribution >= 4 is 23.6 Å². The largest absolute Gasteiger partial charge is 0.298 e. The van der Waals surface area contributed by atoms with Gasteiger partial charge in [0.25, 0.3) is 0 Å². The molecule has 0 aliphatic carbocycles. The van der Waals surface area contributed by atoms with Crippen LogP contribution in [0.2, 0.25) is 0 Å². The van der Waals surface area contributed by atoms with Gasteiger partial charge in [-0.15, -0.1) is 11.3 Å². The van der Waals surface area contributed by atoms with E-state index in [1.807, 2.05) is 15.5 Å². The highest BCUT2D eigenvalue weighted by atomic mass is 32.1. The van der Waals surface area contributed by atoms with Gasteiger partial charge in [-0.3, -0.25) is 9.67 Å². The number of aryl methyl sites for hydroxylation is 1. The van der Waals surface area contributed by atoms with Crippen molar-refractivity contribution in [3.05, 3.63) is 27.2 Å². The molecule has 0 bridgehead atoms. The maximum absolute atomic E-state index is 5.18. The number of rotatable bonds is 4. The van der Waals surface area contributed by atoms with Crippen LogP contribution in [0.4, 0.5) is 0 Å². The van der Waals surface area contributed by atoms with Crippen LogP contribution in [0.5, 0.6) is 0 Å². The Labute approximate surface area is 97.0 Å². The van der Waals surface area contributed by atoms with Crippen molar-refractivity contribution in [2.24, 2.45) is 0 Å². The van der Waals surface area contributed by atoms with E-state index in [4.69, 9.17) is 12.2 Å². The van der Waals surface area contributed by atoms with Gasteiger partial charge in [-0.25, -0.2) is 4.98 Å². The van der Waals surface area contributed by atoms with E-state index < -0.39 is 0 Å². The molecule has 6 heteroatoms. The number of aromatic nitrogens is 4. The van der Waals surface area contributed by atoms with Crippen molar-refractivity contribution in [2.75, 3.05) is 0 Å². The van der Waals surface area contributed by atoms with Gasteiger partial charge in [-0.05, 0) is 18.6 Å². The van der Waals surface area contributed by atoms with Gasteiger partial charge in [0.1, 0.15) is 5.82 Å². The minimum absolute atomic E-state index is 0.673. The second-order valence-electron chi connectivity index (χ2n) is 3.26. The number of aromatic amines is 1. The van der Waals surface area contributed by atoms with Gasteiger partial charge in [0.15, 0.2) is 4.77 Å². The molecule has 0 aliphatic rings. The molecule has 0 saturated carbocycles. The Morgan fingerprint density at radius 2 is 2.47 bits per heavy atom. The molecule has 1 N–H and O–H groups in total. The topological polar surface area (TPSA) is 46.5 Å². The molecule has 4 nitrogen and oxygen atoms in total. The molecule has 80 valence electrons. The van der Waals surface area contributed by atoms with E-state index in [-0.39, 0.29) is 0 Å². The molecule has 0 aromatic carbocycles. The van der Waals surface area contributed by atoms with Crippen LogP contribution in [0.25, 0.3) is 0 Å². The first-order chi connectivity index (χ1) is 7.31. The van der Waals surface area contributed by atoms with Crippen LogP contribution in [0.1, 0.15) is 24.9 Å². The maximum atomic E-state index is 5.18. The Kier molecular flexibility index (Phi) is 3.27. The molecule has 2 heterocycles. The zero-order chi connectivity index (χ0) is 10.7. The minimum atomic E-state index is 0.673. The molecule has 2 aromatic heterocycles. The summed E-state index contributed by atoms with van der Waals surface area (Å²) in [6, 6.07) is 0. The number of hydrogen-bond donors (Lipinski definition) is 1. The van der Waals surface area contributed by atoms with Gasteiger partial charge in [0.05, 0.1) is 17.7 Å². The van der Waals surface area contributed by atoms with E-state index in [0.717, 1.165) is 24.4 Å². The molecule has 0 radical (unpaired) electrons. The van der Waals surface area contributed by atoms with Crippen LogP contribution in [-0.4, -0.2) is 19.7 Å². The zero-order valence-electron chi connectivity index (χ0n) is 8.43. The molecule has 0 atom stereocenters. The quantitative estimate of drug-likeness (QED) is 0.835. The number of H-pyrrole nitrogens is 1.